The Morgan fingerprint density at radius 3 is 2.24 bits per heavy atom. The Kier molecular flexibility index (Phi) is 5.50. The van der Waals surface area contributed by atoms with Crippen LogP contribution in [-0.4, -0.2) is 46.1 Å². The highest BCUT2D eigenvalue weighted by Crippen LogP contribution is 2.75. The number of esters is 1. The zero-order valence-corrected chi connectivity index (χ0v) is 23.7. The first kappa shape index (κ1) is 27.3. The normalized spacial score (nSPS) is 49.3. The number of methoxy groups -OCH3 is 1. The molecular weight excluding hydrogens is 482 g/mol. The zero-order chi connectivity index (χ0) is 28.3. The van der Waals surface area contributed by atoms with E-state index in [1.165, 1.54) is 14.0 Å². The Morgan fingerprint density at radius 2 is 1.63 bits per heavy atom. The average Bonchev–Trinajstić information content (AvgIpc) is 2.85. The third-order valence-electron chi connectivity index (χ3n) is 12.3. The monoisotopic (exact) mass is 523 g/mol. The Morgan fingerprint density at radius 1 is 1.00 bits per heavy atom. The van der Waals surface area contributed by atoms with Gasteiger partial charge in [0.15, 0.2) is 11.6 Å². The minimum atomic E-state index is -1.78. The molecule has 3 fully saturated rings. The van der Waals surface area contributed by atoms with E-state index in [1.807, 2.05) is 13.8 Å². The quantitative estimate of drug-likeness (QED) is 0.385. The van der Waals surface area contributed by atoms with Crippen molar-refractivity contribution in [3.63, 3.8) is 0 Å². The first-order chi connectivity index (χ1) is 17.4. The summed E-state index contributed by atoms with van der Waals surface area (Å²) in [6.07, 6.45) is 7.17. The molecule has 0 saturated heterocycles. The molecule has 5 aliphatic rings. The predicted molar refractivity (Wildman–Crippen MR) is 140 cm³/mol. The number of nitrogens with zero attached hydrogens (tertiary/aromatic N) is 1. The Bertz CT molecular complexity index is 1250. The van der Waals surface area contributed by atoms with Gasteiger partial charge >= 0.3 is 5.97 Å². The molecule has 5 rings (SSSR count). The van der Waals surface area contributed by atoms with Crippen molar-refractivity contribution >= 4 is 17.5 Å². The number of carbonyl (C=O) groups is 3. The number of Topliss-reactive ketones (excluding diaryl/α,β-unsaturated/α-hetero) is 1. The van der Waals surface area contributed by atoms with Crippen LogP contribution in [0.25, 0.3) is 4.85 Å². The van der Waals surface area contributed by atoms with Gasteiger partial charge in [-0.2, -0.15) is 0 Å². The molecule has 0 unspecified atom stereocenters. The summed E-state index contributed by atoms with van der Waals surface area (Å²) in [6.45, 7) is 19.4. The Hall–Kier alpha value is -2.30. The first-order valence-electron chi connectivity index (χ1n) is 13.9. The summed E-state index contributed by atoms with van der Waals surface area (Å²) in [6, 6.07) is 0. The number of ether oxygens (including phenoxy) is 1. The van der Waals surface area contributed by atoms with E-state index in [1.54, 1.807) is 12.2 Å². The van der Waals surface area contributed by atoms with Gasteiger partial charge in [-0.25, -0.2) is 4.85 Å². The highest BCUT2D eigenvalue weighted by atomic mass is 16.5. The molecule has 0 bridgehead atoms. The molecule has 0 radical (unpaired) electrons. The number of hydrogen-bond donors (Lipinski definition) is 2. The summed E-state index contributed by atoms with van der Waals surface area (Å²) >= 11 is 0. The molecule has 0 aromatic heterocycles. The third-order valence-corrected chi connectivity index (χ3v) is 12.3. The SMILES string of the molecule is [C-]#[N+]C1=C[C@]2(C)C3=CC(=O)[C@]4(O)[C@@H]5CC(C)(C)CC[C@]5(C(=O)OC)CC[C@@]4(C)[C@]3(C)CC[C@H]2[C@](C)(O)C1=O. The highest BCUT2D eigenvalue weighted by Gasteiger charge is 2.77. The van der Waals surface area contributed by atoms with Crippen molar-refractivity contribution in [1.29, 1.82) is 0 Å². The van der Waals surface area contributed by atoms with Crippen molar-refractivity contribution in [3.8, 4) is 0 Å². The van der Waals surface area contributed by atoms with Crippen molar-refractivity contribution in [1.82, 2.24) is 0 Å². The van der Waals surface area contributed by atoms with Crippen LogP contribution < -0.4 is 0 Å². The second-order valence-corrected chi connectivity index (χ2v) is 14.4. The second kappa shape index (κ2) is 7.67. The number of aliphatic hydroxyl groups is 2. The molecule has 0 aromatic rings. The van der Waals surface area contributed by atoms with E-state index in [0.29, 0.717) is 38.5 Å². The molecule has 38 heavy (non-hydrogen) atoms. The lowest BCUT2D eigenvalue weighted by Crippen LogP contribution is -2.75. The summed E-state index contributed by atoms with van der Waals surface area (Å²) < 4.78 is 5.31. The fourth-order valence-electron chi connectivity index (χ4n) is 9.84. The van der Waals surface area contributed by atoms with E-state index in [-0.39, 0.29) is 17.1 Å². The van der Waals surface area contributed by atoms with Crippen molar-refractivity contribution in [2.45, 2.75) is 97.7 Å². The molecular formula is C31H41NO6. The average molecular weight is 524 g/mol. The molecule has 7 nitrogen and oxygen atoms in total. The number of allylic oxidation sites excluding steroid dienone is 2. The predicted octanol–water partition coefficient (Wildman–Crippen LogP) is 4.57. The fraction of sp³-hybridized carbons (Fsp3) is 0.742. The van der Waals surface area contributed by atoms with Gasteiger partial charge in [-0.15, -0.1) is 0 Å². The van der Waals surface area contributed by atoms with Crippen molar-refractivity contribution in [3.05, 3.63) is 34.8 Å². The van der Waals surface area contributed by atoms with E-state index < -0.39 is 56.3 Å². The third kappa shape index (κ3) is 2.89. The van der Waals surface area contributed by atoms with Gasteiger partial charge in [0, 0.05) is 22.7 Å². The first-order valence-corrected chi connectivity index (χ1v) is 13.9. The van der Waals surface area contributed by atoms with E-state index in [4.69, 9.17) is 11.3 Å². The number of carbonyl (C=O) groups excluding carboxylic acids is 3. The second-order valence-electron chi connectivity index (χ2n) is 14.4. The lowest BCUT2D eigenvalue weighted by atomic mass is 9.33. The molecule has 0 spiro atoms. The number of ketones is 2. The van der Waals surface area contributed by atoms with Gasteiger partial charge in [-0.05, 0) is 68.8 Å². The minimum absolute atomic E-state index is 0.111. The highest BCUT2D eigenvalue weighted by molar-refractivity contribution is 6.05. The standard InChI is InChI=1S/C31H41NO6/c1-25(2)11-13-30(24(35)38-8)14-12-28(5)27(4)10-9-19-26(3,16-18(32-7)23(34)29(19,6)36)20(27)15-22(33)31(28,37)21(30)17-25/h15-16,19,21,36-37H,9-14,17H2,1-6,8H3/t19-,21-,26+,27-,28+,29+,30+,31-/m1/s1. The van der Waals surface area contributed by atoms with Crippen molar-refractivity contribution < 1.29 is 29.3 Å². The molecule has 206 valence electrons. The number of rotatable bonds is 1. The maximum atomic E-state index is 14.4. The van der Waals surface area contributed by atoms with Crippen LogP contribution >= 0.6 is 0 Å². The van der Waals surface area contributed by atoms with Gasteiger partial charge in [0.05, 0.1) is 19.1 Å². The van der Waals surface area contributed by atoms with Crippen LogP contribution in [0.15, 0.2) is 23.4 Å². The van der Waals surface area contributed by atoms with E-state index in [2.05, 4.69) is 25.6 Å². The largest absolute Gasteiger partial charge is 0.469 e. The molecule has 5 aliphatic carbocycles. The van der Waals surface area contributed by atoms with Gasteiger partial charge in [-0.3, -0.25) is 9.59 Å². The lowest BCUT2D eigenvalue weighted by Gasteiger charge is -2.71. The van der Waals surface area contributed by atoms with Crippen LogP contribution in [0.4, 0.5) is 0 Å². The fourth-order valence-corrected chi connectivity index (χ4v) is 9.84. The van der Waals surface area contributed by atoms with E-state index in [0.717, 1.165) is 12.0 Å². The molecule has 0 aliphatic heterocycles. The van der Waals surface area contributed by atoms with E-state index in [9.17, 15) is 24.6 Å². The summed E-state index contributed by atoms with van der Waals surface area (Å²) in [5, 5.41) is 24.2. The summed E-state index contributed by atoms with van der Waals surface area (Å²) in [5.41, 5.74) is -6.40. The maximum absolute atomic E-state index is 14.4. The Balaban J connectivity index is 1.75. The van der Waals surface area contributed by atoms with Gasteiger partial charge in [0.2, 0.25) is 5.70 Å². The van der Waals surface area contributed by atoms with Gasteiger partial charge < -0.3 is 19.7 Å². The molecule has 7 heteroatoms. The van der Waals surface area contributed by atoms with Crippen LogP contribution in [0.1, 0.15) is 86.5 Å². The van der Waals surface area contributed by atoms with Crippen LogP contribution in [0.5, 0.6) is 0 Å². The van der Waals surface area contributed by atoms with Crippen LogP contribution in [0, 0.1) is 45.5 Å². The topological polar surface area (TPSA) is 105 Å². The molecule has 0 aromatic carbocycles. The van der Waals surface area contributed by atoms with E-state index >= 15 is 0 Å². The van der Waals surface area contributed by atoms with Crippen molar-refractivity contribution in [2.24, 2.45) is 38.9 Å². The van der Waals surface area contributed by atoms with Gasteiger partial charge in [0.25, 0.3) is 0 Å². The Labute approximate surface area is 225 Å². The van der Waals surface area contributed by atoms with Crippen LogP contribution in [0.3, 0.4) is 0 Å². The zero-order valence-electron chi connectivity index (χ0n) is 23.7. The maximum Gasteiger partial charge on any atom is 0.312 e. The van der Waals surface area contributed by atoms with Gasteiger partial charge in [-0.1, -0.05) is 46.3 Å². The smallest absolute Gasteiger partial charge is 0.312 e. The summed E-state index contributed by atoms with van der Waals surface area (Å²) in [4.78, 5) is 44.2. The summed E-state index contributed by atoms with van der Waals surface area (Å²) in [7, 11) is 1.38. The molecule has 2 N–H and O–H groups in total. The lowest BCUT2D eigenvalue weighted by molar-refractivity contribution is -0.248. The van der Waals surface area contributed by atoms with Crippen molar-refractivity contribution in [2.75, 3.05) is 7.11 Å². The molecule has 0 amide bonds. The van der Waals surface area contributed by atoms with Crippen LogP contribution in [0.2, 0.25) is 0 Å². The molecule has 8 atom stereocenters. The molecule has 0 heterocycles. The summed E-state index contributed by atoms with van der Waals surface area (Å²) in [5.74, 6) is -2.43. The molecule has 3 saturated carbocycles. The number of fused-ring (bicyclic) bond motifs is 7. The minimum Gasteiger partial charge on any atom is -0.469 e. The van der Waals surface area contributed by atoms with Gasteiger partial charge in [0.1, 0.15) is 11.2 Å². The van der Waals surface area contributed by atoms with Crippen LogP contribution in [-0.2, 0) is 19.1 Å². The number of hydrogen-bond acceptors (Lipinski definition) is 6.